The number of nitrogens with one attached hydrogen (secondary N) is 1. The second-order valence-corrected chi connectivity index (χ2v) is 12.2. The first kappa shape index (κ1) is 35.0. The molecule has 3 amide bonds. The quantitative estimate of drug-likeness (QED) is 0.0973. The lowest BCUT2D eigenvalue weighted by Crippen LogP contribution is -2.60. The Hall–Kier alpha value is -4.29. The van der Waals surface area contributed by atoms with Gasteiger partial charge in [-0.15, -0.1) is 0 Å². The van der Waals surface area contributed by atoms with Crippen LogP contribution in [0.3, 0.4) is 0 Å². The van der Waals surface area contributed by atoms with Crippen molar-refractivity contribution < 1.29 is 54.7 Å². The number of aliphatic hydroxyl groups excluding tert-OH is 5. The van der Waals surface area contributed by atoms with E-state index in [-0.39, 0.29) is 54.1 Å². The predicted molar refractivity (Wildman–Crippen MR) is 167 cm³/mol. The van der Waals surface area contributed by atoms with Crippen molar-refractivity contribution in [2.45, 2.75) is 75.1 Å². The fourth-order valence-electron chi connectivity index (χ4n) is 6.36. The number of non-ortho nitro benzene ring substituents is 1. The number of hydrogen-bond donors (Lipinski definition) is 7. The number of carbonyl (C=O) groups excluding carboxylic acids is 3. The number of nitro groups is 1. The normalized spacial score (nSPS) is 29.3. The molecule has 7 N–H and O–H groups in total. The standard InChI is InChI=1S/C32H38N4O12/c1-17(4-2-6-24(38)34-13-3-5-21(34)16-37)32(45)22-14-20(36(46)47)11-12-23(22)35(31(32)44)15-18-7-9-19(10-8-18)33-29(42)28-26(40)25(39)27(41)30(43)48-28/h2,4,7-12,14,17,21,25-28,30,37,39-41,43,45H,3,5-6,13,15-16H2,1H3,(H,33,42)/b4-2+/t17-,21+,25+,26+,27-,28+,30-,32+/m1/s1. The zero-order chi connectivity index (χ0) is 34.9. The van der Waals surface area contributed by atoms with E-state index in [1.807, 2.05) is 0 Å². The van der Waals surface area contributed by atoms with Gasteiger partial charge in [-0.3, -0.25) is 24.5 Å². The monoisotopic (exact) mass is 670 g/mol. The number of aliphatic hydroxyl groups is 6. The number of benzene rings is 2. The molecule has 258 valence electrons. The summed E-state index contributed by atoms with van der Waals surface area (Å²) < 4.78 is 4.94. The molecule has 2 aromatic carbocycles. The molecule has 2 fully saturated rings. The Kier molecular flexibility index (Phi) is 10.3. The molecule has 16 heteroatoms. The van der Waals surface area contributed by atoms with Gasteiger partial charge in [0.15, 0.2) is 18.0 Å². The molecule has 0 unspecified atom stereocenters. The third-order valence-corrected chi connectivity index (χ3v) is 9.16. The van der Waals surface area contributed by atoms with E-state index in [1.54, 1.807) is 30.0 Å². The third-order valence-electron chi connectivity index (χ3n) is 9.16. The number of hydrogen-bond acceptors (Lipinski definition) is 12. The van der Waals surface area contributed by atoms with E-state index >= 15 is 0 Å². The molecule has 5 rings (SSSR count). The van der Waals surface area contributed by atoms with Crippen molar-refractivity contribution in [2.75, 3.05) is 23.4 Å². The summed E-state index contributed by atoms with van der Waals surface area (Å²) in [6, 6.07) is 9.64. The van der Waals surface area contributed by atoms with Gasteiger partial charge in [-0.1, -0.05) is 31.2 Å². The van der Waals surface area contributed by atoms with Crippen LogP contribution in [-0.4, -0.2) is 108 Å². The summed E-state index contributed by atoms with van der Waals surface area (Å²) >= 11 is 0. The van der Waals surface area contributed by atoms with E-state index in [0.29, 0.717) is 18.5 Å². The summed E-state index contributed by atoms with van der Waals surface area (Å²) in [5.74, 6) is -2.73. The highest BCUT2D eigenvalue weighted by Crippen LogP contribution is 2.47. The van der Waals surface area contributed by atoms with Gasteiger partial charge < -0.3 is 50.5 Å². The molecule has 3 heterocycles. The van der Waals surface area contributed by atoms with Crippen LogP contribution in [0.1, 0.15) is 37.3 Å². The predicted octanol–water partition coefficient (Wildman–Crippen LogP) is -0.367. The Morgan fingerprint density at radius 3 is 2.50 bits per heavy atom. The van der Waals surface area contributed by atoms with Crippen molar-refractivity contribution in [3.05, 3.63) is 75.9 Å². The Bertz CT molecular complexity index is 1590. The SMILES string of the molecule is C[C@H](/C=C/CC(=O)N1CCC[C@H]1CO)[C@@]1(O)C(=O)N(Cc2ccc(NC(=O)[C@H]3O[C@@H](O)[C@H](O)[C@@H](O)[C@@H]3O)cc2)c2ccc([N+](=O)[O-])cc21. The molecule has 16 nitrogen and oxygen atoms in total. The number of likely N-dealkylation sites (tertiary alicyclic amines) is 1. The van der Waals surface area contributed by atoms with Crippen LogP contribution < -0.4 is 10.2 Å². The summed E-state index contributed by atoms with van der Waals surface area (Å²) in [5.41, 5.74) is -1.43. The lowest BCUT2D eigenvalue weighted by molar-refractivity contribution is -0.385. The highest BCUT2D eigenvalue weighted by molar-refractivity contribution is 6.07. The van der Waals surface area contributed by atoms with E-state index in [2.05, 4.69) is 5.32 Å². The topological polar surface area (TPSA) is 243 Å². The Balaban J connectivity index is 1.32. The zero-order valence-corrected chi connectivity index (χ0v) is 26.0. The zero-order valence-electron chi connectivity index (χ0n) is 26.0. The molecule has 0 radical (unpaired) electrons. The smallest absolute Gasteiger partial charge is 0.269 e. The van der Waals surface area contributed by atoms with Crippen LogP contribution in [0.5, 0.6) is 0 Å². The molecule has 0 spiro atoms. The number of anilines is 2. The van der Waals surface area contributed by atoms with Crippen LogP contribution in [0.2, 0.25) is 0 Å². The van der Waals surface area contributed by atoms with E-state index in [4.69, 9.17) is 4.74 Å². The number of carbonyl (C=O) groups is 3. The fraction of sp³-hybridized carbons (Fsp3) is 0.469. The van der Waals surface area contributed by atoms with Gasteiger partial charge in [0.05, 0.1) is 29.8 Å². The maximum atomic E-state index is 13.9. The van der Waals surface area contributed by atoms with Crippen molar-refractivity contribution in [1.82, 2.24) is 4.90 Å². The van der Waals surface area contributed by atoms with Crippen LogP contribution in [0.15, 0.2) is 54.6 Å². The first-order valence-electron chi connectivity index (χ1n) is 15.5. The summed E-state index contributed by atoms with van der Waals surface area (Å²) in [4.78, 5) is 53.2. The molecule has 3 aliphatic rings. The molecular formula is C32H38N4O12. The average Bonchev–Trinajstić information content (AvgIpc) is 3.64. The van der Waals surface area contributed by atoms with Gasteiger partial charge in [0.2, 0.25) is 5.91 Å². The fourth-order valence-corrected chi connectivity index (χ4v) is 6.36. The highest BCUT2D eigenvalue weighted by atomic mass is 16.6. The summed E-state index contributed by atoms with van der Waals surface area (Å²) in [7, 11) is 0. The van der Waals surface area contributed by atoms with Crippen molar-refractivity contribution >= 4 is 34.8 Å². The van der Waals surface area contributed by atoms with Gasteiger partial charge in [-0.05, 0) is 36.6 Å². The van der Waals surface area contributed by atoms with Gasteiger partial charge >= 0.3 is 0 Å². The first-order valence-corrected chi connectivity index (χ1v) is 15.5. The Morgan fingerprint density at radius 1 is 1.12 bits per heavy atom. The average molecular weight is 671 g/mol. The number of nitro benzene ring substituents is 1. The molecule has 2 aromatic rings. The number of nitrogens with zero attached hydrogens (tertiary/aromatic N) is 3. The number of fused-ring (bicyclic) bond motifs is 1. The van der Waals surface area contributed by atoms with Gasteiger partial charge in [0.25, 0.3) is 17.5 Å². The van der Waals surface area contributed by atoms with Crippen LogP contribution >= 0.6 is 0 Å². The molecule has 48 heavy (non-hydrogen) atoms. The Morgan fingerprint density at radius 2 is 1.83 bits per heavy atom. The van der Waals surface area contributed by atoms with Gasteiger partial charge in [0.1, 0.15) is 18.3 Å². The molecule has 2 saturated heterocycles. The van der Waals surface area contributed by atoms with Crippen LogP contribution in [0.4, 0.5) is 17.1 Å². The second kappa shape index (κ2) is 14.1. The third kappa shape index (κ3) is 6.55. The lowest BCUT2D eigenvalue weighted by atomic mass is 9.82. The minimum atomic E-state index is -2.19. The highest BCUT2D eigenvalue weighted by Gasteiger charge is 2.53. The van der Waals surface area contributed by atoms with E-state index in [1.165, 1.54) is 35.2 Å². The van der Waals surface area contributed by atoms with E-state index in [9.17, 15) is 55.1 Å². The van der Waals surface area contributed by atoms with Crippen LogP contribution in [-0.2, 0) is 31.3 Å². The molecule has 0 aliphatic carbocycles. The van der Waals surface area contributed by atoms with Crippen molar-refractivity contribution in [3.8, 4) is 0 Å². The van der Waals surface area contributed by atoms with Gasteiger partial charge in [-0.25, -0.2) is 0 Å². The van der Waals surface area contributed by atoms with Crippen molar-refractivity contribution in [1.29, 1.82) is 0 Å². The Labute approximate surface area is 274 Å². The van der Waals surface area contributed by atoms with Crippen molar-refractivity contribution in [3.63, 3.8) is 0 Å². The summed E-state index contributed by atoms with van der Waals surface area (Å²) in [5, 5.41) is 74.9. The number of amides is 3. The lowest BCUT2D eigenvalue weighted by Gasteiger charge is -2.37. The van der Waals surface area contributed by atoms with Gasteiger partial charge in [-0.2, -0.15) is 0 Å². The molecule has 0 bridgehead atoms. The molecule has 0 aromatic heterocycles. The minimum Gasteiger partial charge on any atom is -0.394 e. The van der Waals surface area contributed by atoms with Gasteiger partial charge in [0, 0.05) is 42.3 Å². The van der Waals surface area contributed by atoms with E-state index < -0.39 is 59.0 Å². The second-order valence-electron chi connectivity index (χ2n) is 12.2. The maximum Gasteiger partial charge on any atom is 0.269 e. The van der Waals surface area contributed by atoms with Crippen molar-refractivity contribution in [2.24, 2.45) is 5.92 Å². The maximum absolute atomic E-state index is 13.9. The molecule has 3 aliphatic heterocycles. The summed E-state index contributed by atoms with van der Waals surface area (Å²) in [6.45, 7) is 1.91. The number of ether oxygens (including phenoxy) is 1. The molecule has 0 saturated carbocycles. The minimum absolute atomic E-state index is 0.0194. The van der Waals surface area contributed by atoms with E-state index in [0.717, 1.165) is 12.5 Å². The van der Waals surface area contributed by atoms with Crippen LogP contribution in [0.25, 0.3) is 0 Å². The largest absolute Gasteiger partial charge is 0.394 e. The molecular weight excluding hydrogens is 632 g/mol. The number of rotatable bonds is 10. The first-order chi connectivity index (χ1) is 22.8. The summed E-state index contributed by atoms with van der Waals surface area (Å²) in [6.07, 6.45) is -4.45. The molecule has 8 atom stereocenters. The van der Waals surface area contributed by atoms with Crippen LogP contribution in [0, 0.1) is 16.0 Å².